The van der Waals surface area contributed by atoms with Gasteiger partial charge >= 0.3 is 0 Å². The molecule has 7 aromatic rings. The number of piperidine rings is 1. The Balaban J connectivity index is 0.783. The highest BCUT2D eigenvalue weighted by Gasteiger charge is 2.31. The van der Waals surface area contributed by atoms with Crippen molar-refractivity contribution < 1.29 is 18.8 Å². The Labute approximate surface area is 372 Å². The number of rotatable bonds is 11. The van der Waals surface area contributed by atoms with E-state index in [-0.39, 0.29) is 29.7 Å². The van der Waals surface area contributed by atoms with Crippen molar-refractivity contribution in [3.05, 3.63) is 136 Å². The standard InChI is InChI=1S/C48H45ClN10O5/c1-3-19-58-47(63)36-26-50-48(55-44(36)59(58)41-17-8-29-6-5-28(4-2)43(29)53-41)52-31-9-12-33(13-10-31)56-20-22-57(23-21-56)39-15-7-30(24-38(39)49)45(61)51-32-11-16-40-35(25-32)37(27-64-40)34-14-18-42(60)54-46(34)62/h3,7-13,15-17,24-28,34H,1,4-6,14,18-23H2,2H3,(H,51,61)(H,50,52,55)(H,54,60,62). The normalized spacial score (nSPS) is 17.5. The molecule has 3 amide bonds. The first-order valence-electron chi connectivity index (χ1n) is 21.6. The molecular weight excluding hydrogens is 832 g/mol. The topological polar surface area (TPSA) is 173 Å². The molecule has 2 unspecified atom stereocenters. The summed E-state index contributed by atoms with van der Waals surface area (Å²) in [7, 11) is 0. The number of pyridine rings is 1. The van der Waals surface area contributed by atoms with Gasteiger partial charge in [0.25, 0.3) is 11.5 Å². The first-order chi connectivity index (χ1) is 31.1. The number of carbonyl (C=O) groups excluding carboxylic acids is 3. The summed E-state index contributed by atoms with van der Waals surface area (Å²) in [5.74, 6) is -0.0576. The second-order valence-corrected chi connectivity index (χ2v) is 16.9. The van der Waals surface area contributed by atoms with Crippen LogP contribution in [0.1, 0.15) is 71.6 Å². The van der Waals surface area contributed by atoms with Crippen LogP contribution in [0.2, 0.25) is 5.02 Å². The van der Waals surface area contributed by atoms with Crippen LogP contribution in [0.15, 0.2) is 107 Å². The van der Waals surface area contributed by atoms with E-state index in [0.717, 1.165) is 68.2 Å². The molecular formula is C48H45ClN10O5. The molecule has 16 heteroatoms. The summed E-state index contributed by atoms with van der Waals surface area (Å²) in [6.07, 6.45) is 8.57. The maximum Gasteiger partial charge on any atom is 0.278 e. The Morgan fingerprint density at radius 3 is 2.48 bits per heavy atom. The molecule has 0 radical (unpaired) electrons. The number of fused-ring (bicyclic) bond motifs is 3. The summed E-state index contributed by atoms with van der Waals surface area (Å²) in [5, 5.41) is 10.3. The Kier molecular flexibility index (Phi) is 10.7. The monoisotopic (exact) mass is 876 g/mol. The van der Waals surface area contributed by atoms with Crippen LogP contribution >= 0.6 is 11.6 Å². The highest BCUT2D eigenvalue weighted by Crippen LogP contribution is 2.36. The highest BCUT2D eigenvalue weighted by molar-refractivity contribution is 6.33. The minimum Gasteiger partial charge on any atom is -0.464 e. The van der Waals surface area contributed by atoms with Crippen molar-refractivity contribution in [2.24, 2.45) is 0 Å². The number of benzene rings is 3. The molecule has 3 N–H and O–H groups in total. The number of piperazine rings is 1. The zero-order chi connectivity index (χ0) is 44.1. The van der Waals surface area contributed by atoms with Crippen molar-refractivity contribution in [2.75, 3.05) is 46.6 Å². The van der Waals surface area contributed by atoms with E-state index in [1.165, 1.54) is 5.56 Å². The fourth-order valence-corrected chi connectivity index (χ4v) is 9.53. The number of aryl methyl sites for hydroxylation is 1. The van der Waals surface area contributed by atoms with Gasteiger partial charge in [-0.2, -0.15) is 4.98 Å². The SMILES string of the molecule is C=CCn1c(=O)c2cnc(Nc3ccc(N4CCN(c5ccc(C(=O)Nc6ccc7occ(C8CCC(=O)NC8=O)c7c6)cc5Cl)CC4)cc3)nc2n1-c1ccc2c(n1)C(CC)CC2. The van der Waals surface area contributed by atoms with Gasteiger partial charge in [0.15, 0.2) is 11.5 Å². The number of aromatic nitrogens is 5. The third kappa shape index (κ3) is 7.55. The van der Waals surface area contributed by atoms with Crippen LogP contribution in [-0.4, -0.2) is 68.2 Å². The lowest BCUT2D eigenvalue weighted by molar-refractivity contribution is -0.134. The van der Waals surface area contributed by atoms with Crippen LogP contribution in [0, 0.1) is 0 Å². The Morgan fingerprint density at radius 2 is 1.72 bits per heavy atom. The zero-order valence-electron chi connectivity index (χ0n) is 35.1. The summed E-state index contributed by atoms with van der Waals surface area (Å²) in [6.45, 7) is 9.34. The summed E-state index contributed by atoms with van der Waals surface area (Å²) >= 11 is 6.82. The third-order valence-electron chi connectivity index (χ3n) is 12.6. The van der Waals surface area contributed by atoms with Crippen molar-refractivity contribution in [3.8, 4) is 5.82 Å². The quantitative estimate of drug-likeness (QED) is 0.0854. The van der Waals surface area contributed by atoms with E-state index < -0.39 is 5.92 Å². The van der Waals surface area contributed by atoms with Crippen LogP contribution in [0.4, 0.5) is 28.7 Å². The lowest BCUT2D eigenvalue weighted by Gasteiger charge is -2.37. The fraction of sp³-hybridized carbons (Fsp3) is 0.271. The molecule has 15 nitrogen and oxygen atoms in total. The van der Waals surface area contributed by atoms with E-state index in [9.17, 15) is 19.2 Å². The second kappa shape index (κ2) is 16.8. The predicted molar refractivity (Wildman–Crippen MR) is 247 cm³/mol. The number of allylic oxidation sites excluding steroid dienone is 1. The molecule has 4 aromatic heterocycles. The number of amides is 3. The van der Waals surface area contributed by atoms with Crippen LogP contribution in [-0.2, 0) is 22.6 Å². The molecule has 0 bridgehead atoms. The Bertz CT molecular complexity index is 3060. The number of imide groups is 1. The molecule has 0 spiro atoms. The fourth-order valence-electron chi connectivity index (χ4n) is 9.23. The maximum absolute atomic E-state index is 13.5. The molecule has 2 saturated heterocycles. The lowest BCUT2D eigenvalue weighted by Crippen LogP contribution is -2.46. The summed E-state index contributed by atoms with van der Waals surface area (Å²) < 4.78 is 9.08. The van der Waals surface area contributed by atoms with Crippen LogP contribution < -0.4 is 31.3 Å². The number of nitrogens with one attached hydrogen (secondary N) is 3. The van der Waals surface area contributed by atoms with Crippen molar-refractivity contribution in [2.45, 2.75) is 57.4 Å². The van der Waals surface area contributed by atoms with Gasteiger partial charge in [-0.25, -0.2) is 19.3 Å². The van der Waals surface area contributed by atoms with Gasteiger partial charge in [0, 0.05) is 84.0 Å². The molecule has 3 aliphatic rings. The van der Waals surface area contributed by atoms with Gasteiger partial charge in [0.2, 0.25) is 17.8 Å². The van der Waals surface area contributed by atoms with E-state index in [4.69, 9.17) is 26.0 Å². The number of furan rings is 1. The highest BCUT2D eigenvalue weighted by atomic mass is 35.5. The molecule has 2 atom stereocenters. The van der Waals surface area contributed by atoms with E-state index in [0.29, 0.717) is 74.5 Å². The van der Waals surface area contributed by atoms with E-state index in [2.05, 4.69) is 62.4 Å². The maximum atomic E-state index is 13.5. The van der Waals surface area contributed by atoms with Gasteiger partial charge in [-0.15, -0.1) is 6.58 Å². The molecule has 1 aliphatic carbocycles. The first-order valence-corrected chi connectivity index (χ1v) is 22.0. The number of carbonyl (C=O) groups is 3. The smallest absolute Gasteiger partial charge is 0.278 e. The van der Waals surface area contributed by atoms with Crippen molar-refractivity contribution in [1.82, 2.24) is 29.6 Å². The van der Waals surface area contributed by atoms with Crippen LogP contribution in [0.5, 0.6) is 0 Å². The number of anilines is 5. The van der Waals surface area contributed by atoms with Gasteiger partial charge in [-0.3, -0.25) is 24.5 Å². The Morgan fingerprint density at radius 1 is 0.922 bits per heavy atom. The van der Waals surface area contributed by atoms with Gasteiger partial charge in [0.05, 0.1) is 29.4 Å². The van der Waals surface area contributed by atoms with Crippen LogP contribution in [0.3, 0.4) is 0 Å². The number of hydrogen-bond acceptors (Lipinski definition) is 11. The minimum absolute atomic E-state index is 0.201. The first kappa shape index (κ1) is 40.8. The lowest BCUT2D eigenvalue weighted by atomic mass is 9.90. The molecule has 0 saturated carbocycles. The molecule has 324 valence electrons. The molecule has 6 heterocycles. The number of nitrogens with zero attached hydrogens (tertiary/aromatic N) is 7. The molecule has 64 heavy (non-hydrogen) atoms. The largest absolute Gasteiger partial charge is 0.464 e. The summed E-state index contributed by atoms with van der Waals surface area (Å²) in [5.41, 5.74) is 7.57. The van der Waals surface area contributed by atoms with Crippen molar-refractivity contribution in [3.63, 3.8) is 0 Å². The van der Waals surface area contributed by atoms with E-state index in [1.807, 2.05) is 24.3 Å². The molecule has 2 fully saturated rings. The molecule has 2 aliphatic heterocycles. The number of hydrogen-bond donors (Lipinski definition) is 3. The Hall–Kier alpha value is -7.26. The number of halogens is 1. The molecule has 3 aromatic carbocycles. The minimum atomic E-state index is -0.510. The summed E-state index contributed by atoms with van der Waals surface area (Å²) in [4.78, 5) is 70.1. The van der Waals surface area contributed by atoms with E-state index in [1.54, 1.807) is 58.2 Å². The van der Waals surface area contributed by atoms with Gasteiger partial charge in [0.1, 0.15) is 11.0 Å². The van der Waals surface area contributed by atoms with Gasteiger partial charge in [-0.1, -0.05) is 30.7 Å². The average molecular weight is 877 g/mol. The van der Waals surface area contributed by atoms with Gasteiger partial charge < -0.3 is 24.9 Å². The van der Waals surface area contributed by atoms with Crippen molar-refractivity contribution >= 4 is 80.0 Å². The third-order valence-corrected chi connectivity index (χ3v) is 12.9. The molecule has 10 rings (SSSR count). The van der Waals surface area contributed by atoms with E-state index >= 15 is 0 Å². The van der Waals surface area contributed by atoms with Crippen LogP contribution in [0.25, 0.3) is 27.8 Å². The average Bonchev–Trinajstić information content (AvgIpc) is 4.00. The van der Waals surface area contributed by atoms with Crippen molar-refractivity contribution in [1.29, 1.82) is 0 Å². The van der Waals surface area contributed by atoms with Gasteiger partial charge in [-0.05, 0) is 98.0 Å². The zero-order valence-corrected chi connectivity index (χ0v) is 35.9. The predicted octanol–water partition coefficient (Wildman–Crippen LogP) is 7.85. The summed E-state index contributed by atoms with van der Waals surface area (Å²) in [6, 6.07) is 22.8. The second-order valence-electron chi connectivity index (χ2n) is 16.4.